The SMILES string of the molecule is Nc1ccc([N+](=O)[O-])c[nH+]1. The summed E-state index contributed by atoms with van der Waals surface area (Å²) in [4.78, 5) is 12.1. The van der Waals surface area contributed by atoms with Crippen LogP contribution in [0.15, 0.2) is 18.3 Å². The lowest BCUT2D eigenvalue weighted by Gasteiger charge is -1.85. The average Bonchev–Trinajstić information content (AvgIpc) is 1.88. The van der Waals surface area contributed by atoms with Crippen molar-refractivity contribution in [1.82, 2.24) is 0 Å². The maximum Gasteiger partial charge on any atom is 0.308 e. The number of nitrogens with one attached hydrogen (secondary N) is 1. The van der Waals surface area contributed by atoms with E-state index in [0.29, 0.717) is 5.82 Å². The van der Waals surface area contributed by atoms with Gasteiger partial charge in [0, 0.05) is 12.1 Å². The van der Waals surface area contributed by atoms with Crippen molar-refractivity contribution in [3.05, 3.63) is 28.4 Å². The first-order chi connectivity index (χ1) is 4.70. The van der Waals surface area contributed by atoms with Gasteiger partial charge in [-0.1, -0.05) is 0 Å². The van der Waals surface area contributed by atoms with E-state index in [4.69, 9.17) is 5.73 Å². The van der Waals surface area contributed by atoms with Gasteiger partial charge in [0.1, 0.15) is 0 Å². The Balaban J connectivity index is 3.00. The second-order valence-corrected chi connectivity index (χ2v) is 1.76. The Morgan fingerprint density at radius 1 is 1.60 bits per heavy atom. The number of anilines is 1. The van der Waals surface area contributed by atoms with Crippen LogP contribution in [0.1, 0.15) is 0 Å². The van der Waals surface area contributed by atoms with Crippen LogP contribution in [-0.2, 0) is 0 Å². The number of hydrogen-bond acceptors (Lipinski definition) is 3. The Morgan fingerprint density at radius 3 is 2.70 bits per heavy atom. The molecule has 1 aromatic heterocycles. The molecular weight excluding hydrogens is 134 g/mol. The molecule has 0 saturated carbocycles. The number of aromatic amines is 1. The van der Waals surface area contributed by atoms with E-state index in [1.165, 1.54) is 18.3 Å². The largest absolute Gasteiger partial charge is 0.308 e. The minimum absolute atomic E-state index is 0.00852. The summed E-state index contributed by atoms with van der Waals surface area (Å²) in [6.45, 7) is 0. The lowest BCUT2D eigenvalue weighted by atomic mass is 10.4. The highest BCUT2D eigenvalue weighted by molar-refractivity contribution is 5.29. The van der Waals surface area contributed by atoms with E-state index in [1.54, 1.807) is 0 Å². The van der Waals surface area contributed by atoms with Gasteiger partial charge < -0.3 is 0 Å². The zero-order valence-electron chi connectivity index (χ0n) is 5.07. The molecule has 0 aliphatic rings. The first-order valence-electron chi connectivity index (χ1n) is 2.62. The molecule has 52 valence electrons. The average molecular weight is 140 g/mol. The van der Waals surface area contributed by atoms with E-state index < -0.39 is 4.92 Å². The molecule has 0 radical (unpaired) electrons. The number of nitrogen functional groups attached to an aromatic ring is 1. The fraction of sp³-hybridized carbons (Fsp3) is 0. The molecule has 5 heteroatoms. The molecule has 0 aromatic carbocycles. The number of H-pyrrole nitrogens is 1. The van der Waals surface area contributed by atoms with Gasteiger partial charge in [0.2, 0.25) is 0 Å². The molecule has 10 heavy (non-hydrogen) atoms. The Bertz CT molecular complexity index is 244. The van der Waals surface area contributed by atoms with Crippen molar-refractivity contribution >= 4 is 11.5 Å². The third-order valence-electron chi connectivity index (χ3n) is 1.03. The molecule has 0 saturated heterocycles. The molecular formula is C5H6N3O2+. The number of nitro groups is 1. The molecule has 1 heterocycles. The minimum Gasteiger partial charge on any atom is -0.287 e. The molecule has 1 rings (SSSR count). The van der Waals surface area contributed by atoms with E-state index in [9.17, 15) is 10.1 Å². The highest BCUT2D eigenvalue weighted by atomic mass is 16.6. The van der Waals surface area contributed by atoms with Crippen LogP contribution in [-0.4, -0.2) is 4.92 Å². The molecule has 0 aliphatic carbocycles. The van der Waals surface area contributed by atoms with Crippen molar-refractivity contribution in [2.24, 2.45) is 0 Å². The van der Waals surface area contributed by atoms with Gasteiger partial charge in [0.05, 0.1) is 4.92 Å². The zero-order chi connectivity index (χ0) is 7.56. The lowest BCUT2D eigenvalue weighted by molar-refractivity contribution is -0.413. The second kappa shape index (κ2) is 2.30. The molecule has 0 unspecified atom stereocenters. The normalized spacial score (nSPS) is 9.20. The van der Waals surface area contributed by atoms with Crippen molar-refractivity contribution in [2.75, 3.05) is 5.73 Å². The highest BCUT2D eigenvalue weighted by Crippen LogP contribution is 2.05. The van der Waals surface area contributed by atoms with Crippen molar-refractivity contribution in [3.63, 3.8) is 0 Å². The first-order valence-corrected chi connectivity index (χ1v) is 2.62. The standard InChI is InChI=1S/C5H5N3O2/c6-5-2-1-4(3-7-5)8(9)10/h1-3H,(H2,6,7)/p+1. The summed E-state index contributed by atoms with van der Waals surface area (Å²) in [5.74, 6) is 0.408. The van der Waals surface area contributed by atoms with E-state index in [1.807, 2.05) is 0 Å². The van der Waals surface area contributed by atoms with Crippen LogP contribution in [0.5, 0.6) is 0 Å². The summed E-state index contributed by atoms with van der Waals surface area (Å²) in [7, 11) is 0. The molecule has 0 fully saturated rings. The number of aromatic nitrogens is 1. The van der Waals surface area contributed by atoms with E-state index in [-0.39, 0.29) is 5.69 Å². The van der Waals surface area contributed by atoms with Gasteiger partial charge in [-0.2, -0.15) is 0 Å². The third-order valence-corrected chi connectivity index (χ3v) is 1.03. The number of pyridine rings is 1. The van der Waals surface area contributed by atoms with Gasteiger partial charge in [0.25, 0.3) is 5.82 Å². The van der Waals surface area contributed by atoms with Gasteiger partial charge in [-0.15, -0.1) is 0 Å². The highest BCUT2D eigenvalue weighted by Gasteiger charge is 2.05. The fourth-order valence-electron chi connectivity index (χ4n) is 0.542. The number of nitrogens with two attached hydrogens (primary N) is 1. The summed E-state index contributed by atoms with van der Waals surface area (Å²) in [5, 5.41) is 10.1. The Kier molecular flexibility index (Phi) is 1.49. The van der Waals surface area contributed by atoms with Crippen LogP contribution in [0.25, 0.3) is 0 Å². The number of hydrogen-bond donors (Lipinski definition) is 1. The van der Waals surface area contributed by atoms with Crippen molar-refractivity contribution in [3.8, 4) is 0 Å². The molecule has 5 nitrogen and oxygen atoms in total. The number of nitrogens with zero attached hydrogens (tertiary/aromatic N) is 1. The Hall–Kier alpha value is -1.65. The maximum absolute atomic E-state index is 10.1. The molecule has 0 amide bonds. The monoisotopic (exact) mass is 140 g/mol. The quantitative estimate of drug-likeness (QED) is 0.440. The molecule has 0 bridgehead atoms. The molecule has 0 spiro atoms. The van der Waals surface area contributed by atoms with Crippen LogP contribution in [0.4, 0.5) is 11.5 Å². The molecule has 3 N–H and O–H groups in total. The smallest absolute Gasteiger partial charge is 0.287 e. The summed E-state index contributed by atoms with van der Waals surface area (Å²) in [5.41, 5.74) is 5.26. The lowest BCUT2D eigenvalue weighted by Crippen LogP contribution is -2.09. The maximum atomic E-state index is 10.1. The fourth-order valence-corrected chi connectivity index (χ4v) is 0.542. The topological polar surface area (TPSA) is 83.3 Å². The Morgan fingerprint density at radius 2 is 2.30 bits per heavy atom. The van der Waals surface area contributed by atoms with E-state index in [0.717, 1.165) is 0 Å². The van der Waals surface area contributed by atoms with Crippen molar-refractivity contribution in [1.29, 1.82) is 0 Å². The third kappa shape index (κ3) is 1.19. The minimum atomic E-state index is -0.490. The zero-order valence-corrected chi connectivity index (χ0v) is 5.07. The predicted octanol–water partition coefficient (Wildman–Crippen LogP) is -0.00890. The van der Waals surface area contributed by atoms with Gasteiger partial charge in [0.15, 0.2) is 6.20 Å². The van der Waals surface area contributed by atoms with Crippen LogP contribution >= 0.6 is 0 Å². The van der Waals surface area contributed by atoms with E-state index >= 15 is 0 Å². The summed E-state index contributed by atoms with van der Waals surface area (Å²) in [6, 6.07) is 2.78. The van der Waals surface area contributed by atoms with Crippen molar-refractivity contribution in [2.45, 2.75) is 0 Å². The van der Waals surface area contributed by atoms with Gasteiger partial charge >= 0.3 is 5.69 Å². The van der Waals surface area contributed by atoms with Gasteiger partial charge in [-0.05, 0) is 0 Å². The summed E-state index contributed by atoms with van der Waals surface area (Å²) in [6.07, 6.45) is 1.25. The first kappa shape index (κ1) is 6.47. The molecule has 0 atom stereocenters. The van der Waals surface area contributed by atoms with E-state index in [2.05, 4.69) is 4.98 Å². The van der Waals surface area contributed by atoms with Crippen LogP contribution < -0.4 is 10.7 Å². The Labute approximate surface area is 56.6 Å². The molecule has 0 aliphatic heterocycles. The van der Waals surface area contributed by atoms with Gasteiger partial charge in [-0.3, -0.25) is 15.8 Å². The van der Waals surface area contributed by atoms with Crippen molar-refractivity contribution < 1.29 is 9.91 Å². The number of rotatable bonds is 1. The van der Waals surface area contributed by atoms with Crippen LogP contribution in [0, 0.1) is 10.1 Å². The summed E-state index contributed by atoms with van der Waals surface area (Å²) >= 11 is 0. The van der Waals surface area contributed by atoms with Crippen LogP contribution in [0.2, 0.25) is 0 Å². The van der Waals surface area contributed by atoms with Gasteiger partial charge in [-0.25, -0.2) is 4.98 Å². The second-order valence-electron chi connectivity index (χ2n) is 1.76. The predicted molar refractivity (Wildman–Crippen MR) is 34.1 cm³/mol. The molecule has 1 aromatic rings. The summed E-state index contributed by atoms with van der Waals surface area (Å²) < 4.78 is 0. The van der Waals surface area contributed by atoms with Crippen LogP contribution in [0.3, 0.4) is 0 Å².